The first-order chi connectivity index (χ1) is 9.29. The number of carbonyl (C=O) groups excluding carboxylic acids is 1. The van der Waals surface area contributed by atoms with Crippen molar-refractivity contribution >= 4 is 17.4 Å². The predicted octanol–water partition coefficient (Wildman–Crippen LogP) is -0.498. The highest BCUT2D eigenvalue weighted by Gasteiger charge is 2.29. The van der Waals surface area contributed by atoms with E-state index in [1.165, 1.54) is 7.11 Å². The molecular weight excluding hydrogens is 250 g/mol. The van der Waals surface area contributed by atoms with Crippen molar-refractivity contribution in [2.75, 3.05) is 31.7 Å². The Labute approximate surface area is 109 Å². The molecular formula is C11H13N5O3. The summed E-state index contributed by atoms with van der Waals surface area (Å²) in [6.07, 6.45) is 4.47. The summed E-state index contributed by atoms with van der Waals surface area (Å²) in [7, 11) is 1.35. The Morgan fingerprint density at radius 2 is 2.47 bits per heavy atom. The van der Waals surface area contributed by atoms with E-state index in [1.54, 1.807) is 23.1 Å². The van der Waals surface area contributed by atoms with Gasteiger partial charge in [-0.2, -0.15) is 0 Å². The lowest BCUT2D eigenvalue weighted by atomic mass is 10.2. The molecule has 0 radical (unpaired) electrons. The quantitative estimate of drug-likeness (QED) is 0.676. The molecule has 3 rings (SSSR count). The van der Waals surface area contributed by atoms with Crippen molar-refractivity contribution in [3.05, 3.63) is 18.7 Å². The Balaban J connectivity index is 1.89. The SMILES string of the molecule is COC(=O)C1CN(c2nccn3cnnc23)CCO1. The van der Waals surface area contributed by atoms with E-state index < -0.39 is 6.10 Å². The fourth-order valence-electron chi connectivity index (χ4n) is 2.08. The molecule has 1 atom stereocenters. The first kappa shape index (κ1) is 11.8. The molecule has 2 aromatic heterocycles. The molecule has 100 valence electrons. The lowest BCUT2D eigenvalue weighted by Crippen LogP contribution is -2.47. The molecule has 1 saturated heterocycles. The Kier molecular flexibility index (Phi) is 3.00. The average molecular weight is 263 g/mol. The topological polar surface area (TPSA) is 81.9 Å². The van der Waals surface area contributed by atoms with Gasteiger partial charge in [0.05, 0.1) is 20.3 Å². The first-order valence-corrected chi connectivity index (χ1v) is 5.88. The minimum absolute atomic E-state index is 0.377. The summed E-state index contributed by atoms with van der Waals surface area (Å²) in [5.74, 6) is 0.315. The molecule has 8 nitrogen and oxygen atoms in total. The third-order valence-electron chi connectivity index (χ3n) is 3.03. The molecule has 3 heterocycles. The highest BCUT2D eigenvalue weighted by Crippen LogP contribution is 2.19. The van der Waals surface area contributed by atoms with Crippen molar-refractivity contribution < 1.29 is 14.3 Å². The molecule has 2 aromatic rings. The minimum atomic E-state index is -0.594. The molecule has 0 bridgehead atoms. The maximum Gasteiger partial charge on any atom is 0.336 e. The highest BCUT2D eigenvalue weighted by atomic mass is 16.6. The fraction of sp³-hybridized carbons (Fsp3) is 0.455. The second kappa shape index (κ2) is 4.81. The van der Waals surface area contributed by atoms with Gasteiger partial charge >= 0.3 is 5.97 Å². The summed E-state index contributed by atoms with van der Waals surface area (Å²) in [5.41, 5.74) is 0.660. The van der Waals surface area contributed by atoms with Crippen LogP contribution in [0.1, 0.15) is 0 Å². The molecule has 0 aliphatic carbocycles. The number of ether oxygens (including phenoxy) is 2. The van der Waals surface area contributed by atoms with Crippen LogP contribution in [0.25, 0.3) is 5.65 Å². The molecule has 0 amide bonds. The number of nitrogens with zero attached hydrogens (tertiary/aromatic N) is 5. The third kappa shape index (κ3) is 2.10. The van der Waals surface area contributed by atoms with E-state index in [4.69, 9.17) is 9.47 Å². The molecule has 19 heavy (non-hydrogen) atoms. The second-order valence-electron chi connectivity index (χ2n) is 4.14. The lowest BCUT2D eigenvalue weighted by molar-refractivity contribution is -0.154. The number of morpholine rings is 1. The Morgan fingerprint density at radius 3 is 3.32 bits per heavy atom. The second-order valence-corrected chi connectivity index (χ2v) is 4.14. The van der Waals surface area contributed by atoms with Gasteiger partial charge in [-0.3, -0.25) is 4.40 Å². The number of anilines is 1. The summed E-state index contributed by atoms with van der Waals surface area (Å²) in [4.78, 5) is 17.8. The van der Waals surface area contributed by atoms with Gasteiger partial charge in [0.1, 0.15) is 6.33 Å². The fourth-order valence-corrected chi connectivity index (χ4v) is 2.08. The Hall–Kier alpha value is -2.22. The number of esters is 1. The van der Waals surface area contributed by atoms with Crippen LogP contribution in [-0.2, 0) is 14.3 Å². The van der Waals surface area contributed by atoms with E-state index in [9.17, 15) is 4.79 Å². The van der Waals surface area contributed by atoms with Gasteiger partial charge in [0.15, 0.2) is 11.9 Å². The van der Waals surface area contributed by atoms with Crippen molar-refractivity contribution in [3.63, 3.8) is 0 Å². The van der Waals surface area contributed by atoms with E-state index in [-0.39, 0.29) is 5.97 Å². The number of hydrogen-bond donors (Lipinski definition) is 0. The highest BCUT2D eigenvalue weighted by molar-refractivity contribution is 5.76. The van der Waals surface area contributed by atoms with Crippen LogP contribution >= 0.6 is 0 Å². The van der Waals surface area contributed by atoms with E-state index in [1.807, 2.05) is 4.90 Å². The van der Waals surface area contributed by atoms with Crippen LogP contribution in [0, 0.1) is 0 Å². The molecule has 0 aromatic carbocycles. The number of hydrogen-bond acceptors (Lipinski definition) is 7. The number of rotatable bonds is 2. The van der Waals surface area contributed by atoms with Crippen LogP contribution in [-0.4, -0.2) is 58.5 Å². The zero-order chi connectivity index (χ0) is 13.2. The van der Waals surface area contributed by atoms with Crippen LogP contribution in [0.15, 0.2) is 18.7 Å². The van der Waals surface area contributed by atoms with Gasteiger partial charge in [0.2, 0.25) is 5.65 Å². The van der Waals surface area contributed by atoms with Crippen LogP contribution < -0.4 is 4.90 Å². The maximum absolute atomic E-state index is 11.5. The van der Waals surface area contributed by atoms with Gasteiger partial charge in [-0.15, -0.1) is 10.2 Å². The summed E-state index contributed by atoms with van der Waals surface area (Å²) in [5, 5.41) is 7.89. The van der Waals surface area contributed by atoms with Crippen LogP contribution in [0.4, 0.5) is 5.82 Å². The van der Waals surface area contributed by atoms with E-state index in [0.29, 0.717) is 31.2 Å². The maximum atomic E-state index is 11.5. The number of aromatic nitrogens is 4. The van der Waals surface area contributed by atoms with E-state index in [0.717, 1.165) is 0 Å². The van der Waals surface area contributed by atoms with Crippen molar-refractivity contribution in [2.24, 2.45) is 0 Å². The number of carbonyl (C=O) groups is 1. The normalized spacial score (nSPS) is 19.6. The molecule has 8 heteroatoms. The van der Waals surface area contributed by atoms with Crippen LogP contribution in [0.3, 0.4) is 0 Å². The smallest absolute Gasteiger partial charge is 0.336 e. The average Bonchev–Trinajstić information content (AvgIpc) is 2.94. The van der Waals surface area contributed by atoms with Gasteiger partial charge in [-0.25, -0.2) is 9.78 Å². The summed E-state index contributed by atoms with van der Waals surface area (Å²) >= 11 is 0. The van der Waals surface area contributed by atoms with Crippen LogP contribution in [0.2, 0.25) is 0 Å². The molecule has 1 fully saturated rings. The summed E-state index contributed by atoms with van der Waals surface area (Å²) in [6, 6.07) is 0. The minimum Gasteiger partial charge on any atom is -0.467 e. The van der Waals surface area contributed by atoms with E-state index >= 15 is 0 Å². The van der Waals surface area contributed by atoms with E-state index in [2.05, 4.69) is 15.2 Å². The van der Waals surface area contributed by atoms with Crippen molar-refractivity contribution in [1.29, 1.82) is 0 Å². The third-order valence-corrected chi connectivity index (χ3v) is 3.03. The van der Waals surface area contributed by atoms with Crippen molar-refractivity contribution in [3.8, 4) is 0 Å². The van der Waals surface area contributed by atoms with Gasteiger partial charge in [-0.05, 0) is 0 Å². The lowest BCUT2D eigenvalue weighted by Gasteiger charge is -2.32. The Morgan fingerprint density at radius 1 is 1.58 bits per heavy atom. The van der Waals surface area contributed by atoms with Gasteiger partial charge in [0.25, 0.3) is 0 Å². The van der Waals surface area contributed by atoms with Gasteiger partial charge in [0, 0.05) is 18.9 Å². The first-order valence-electron chi connectivity index (χ1n) is 5.88. The molecule has 0 spiro atoms. The number of methoxy groups -OCH3 is 1. The standard InChI is InChI=1S/C11H13N5O3/c1-18-11(17)8-6-15(4-5-19-8)9-10-14-13-7-16(10)3-2-12-9/h2-3,7-8H,4-6H2,1H3. The van der Waals surface area contributed by atoms with Gasteiger partial charge in [-0.1, -0.05) is 0 Å². The molecule has 0 N–H and O–H groups in total. The van der Waals surface area contributed by atoms with Gasteiger partial charge < -0.3 is 14.4 Å². The van der Waals surface area contributed by atoms with Crippen LogP contribution in [0.5, 0.6) is 0 Å². The zero-order valence-corrected chi connectivity index (χ0v) is 10.4. The molecule has 1 aliphatic heterocycles. The van der Waals surface area contributed by atoms with Crippen molar-refractivity contribution in [2.45, 2.75) is 6.10 Å². The summed E-state index contributed by atoms with van der Waals surface area (Å²) in [6.45, 7) is 1.48. The number of fused-ring (bicyclic) bond motifs is 1. The molecule has 1 unspecified atom stereocenters. The largest absolute Gasteiger partial charge is 0.467 e. The Bertz CT molecular complexity index is 599. The summed E-state index contributed by atoms with van der Waals surface area (Å²) < 4.78 is 11.9. The predicted molar refractivity (Wildman–Crippen MR) is 64.8 cm³/mol. The zero-order valence-electron chi connectivity index (χ0n) is 10.4. The molecule has 0 saturated carbocycles. The van der Waals surface area contributed by atoms with Crippen molar-refractivity contribution in [1.82, 2.24) is 19.6 Å². The molecule has 1 aliphatic rings. The monoisotopic (exact) mass is 263 g/mol.